The van der Waals surface area contributed by atoms with Gasteiger partial charge in [-0.05, 0) is 92.3 Å². The summed E-state index contributed by atoms with van der Waals surface area (Å²) in [5.74, 6) is 0. The van der Waals surface area contributed by atoms with Gasteiger partial charge in [-0.3, -0.25) is 0 Å². The average molecular weight is 676 g/mol. The summed E-state index contributed by atoms with van der Waals surface area (Å²) in [6, 6.07) is 68.5. The molecule has 0 bridgehead atoms. The maximum atomic E-state index is 2.47. The van der Waals surface area contributed by atoms with E-state index >= 15 is 0 Å². The third kappa shape index (κ3) is 4.47. The van der Waals surface area contributed by atoms with Crippen LogP contribution in [0.25, 0.3) is 93.0 Å². The Labute approximate surface area is 306 Å². The highest BCUT2D eigenvalue weighted by Crippen LogP contribution is 2.42. The first-order valence-electron chi connectivity index (χ1n) is 18.2. The molecular weight excluding hydrogens is 643 g/mol. The minimum atomic E-state index is 1.12. The molecule has 0 aliphatic heterocycles. The molecule has 0 saturated heterocycles. The molecule has 0 atom stereocenters. The van der Waals surface area contributed by atoms with E-state index in [2.05, 4.69) is 214 Å². The van der Waals surface area contributed by atoms with Gasteiger partial charge in [0.25, 0.3) is 0 Å². The second kappa shape index (κ2) is 11.7. The van der Waals surface area contributed by atoms with Crippen LogP contribution in [0.3, 0.4) is 0 Å². The highest BCUT2D eigenvalue weighted by molar-refractivity contribution is 6.29. The number of benzene rings is 8. The molecule has 248 valence electrons. The van der Waals surface area contributed by atoms with E-state index in [1.165, 1.54) is 70.6 Å². The number of fused-ring (bicyclic) bond motifs is 12. The number of nitrogens with zero attached hydrogens (tertiary/aromatic N) is 3. The standard InChI is InChI=1S/C50H33N3/c1-3-16-34(17-4-1)51-30-31-52(35-18-5-2-6-19-35)49-33-44-42-26-15-29-47(53-45-27-13-11-23-39(45)40-24-12-14-28-46(40)53)50(42)41-25-10-9-21-37(41)36-20-7-8-22-38(36)43(44)32-48(49)51/h1-33H. The lowest BCUT2D eigenvalue weighted by Gasteiger charge is -2.20. The van der Waals surface area contributed by atoms with Crippen LogP contribution in [-0.2, 0) is 0 Å². The lowest BCUT2D eigenvalue weighted by atomic mass is 9.93. The average Bonchev–Trinajstić information content (AvgIpc) is 3.57. The zero-order valence-electron chi connectivity index (χ0n) is 28.9. The van der Waals surface area contributed by atoms with Gasteiger partial charge in [0.15, 0.2) is 0 Å². The Kier molecular flexibility index (Phi) is 6.55. The molecule has 9 aromatic carbocycles. The van der Waals surface area contributed by atoms with E-state index in [1.807, 2.05) is 0 Å². The van der Waals surface area contributed by atoms with E-state index in [0.717, 1.165) is 22.4 Å². The molecule has 0 amide bonds. The Balaban J connectivity index is 1.41. The smallest absolute Gasteiger partial charge is 0.0703 e. The van der Waals surface area contributed by atoms with Crippen LogP contribution >= 0.6 is 0 Å². The molecule has 2 aromatic heterocycles. The van der Waals surface area contributed by atoms with E-state index in [-0.39, 0.29) is 0 Å². The summed E-state index contributed by atoms with van der Waals surface area (Å²) >= 11 is 0. The van der Waals surface area contributed by atoms with Crippen molar-refractivity contribution in [1.82, 2.24) is 13.7 Å². The first-order valence-corrected chi connectivity index (χ1v) is 18.2. The summed E-state index contributed by atoms with van der Waals surface area (Å²) in [5, 5.41) is 12.3. The minimum Gasteiger partial charge on any atom is -0.314 e. The van der Waals surface area contributed by atoms with Gasteiger partial charge >= 0.3 is 0 Å². The SMILES string of the molecule is c1ccc(-n2ccn(-c3ccccc3)c3cc4c(cc32)c2ccccc2c2ccccc2c2c(-n3c5ccccc5c5ccccc53)cccc42)cc1. The minimum absolute atomic E-state index is 1.12. The van der Waals surface area contributed by atoms with Crippen molar-refractivity contribution in [3.05, 3.63) is 200 Å². The van der Waals surface area contributed by atoms with Gasteiger partial charge in [0, 0.05) is 39.9 Å². The first-order chi connectivity index (χ1) is 26.3. The van der Waals surface area contributed by atoms with Crippen LogP contribution in [0.1, 0.15) is 0 Å². The van der Waals surface area contributed by atoms with Gasteiger partial charge in [0.05, 0.1) is 27.8 Å². The molecular formula is C50H33N3. The van der Waals surface area contributed by atoms with E-state index in [1.54, 1.807) is 0 Å². The monoisotopic (exact) mass is 675 g/mol. The van der Waals surface area contributed by atoms with Gasteiger partial charge in [-0.15, -0.1) is 0 Å². The topological polar surface area (TPSA) is 14.8 Å². The third-order valence-corrected chi connectivity index (χ3v) is 10.9. The predicted octanol–water partition coefficient (Wildman–Crippen LogP) is 13.3. The fraction of sp³-hybridized carbons (Fsp3) is 0. The van der Waals surface area contributed by atoms with Gasteiger partial charge in [-0.2, -0.15) is 0 Å². The molecule has 0 aliphatic rings. The quantitative estimate of drug-likeness (QED) is 0.177. The molecule has 0 unspecified atom stereocenters. The molecule has 0 N–H and O–H groups in total. The Morgan fingerprint density at radius 1 is 0.264 bits per heavy atom. The number of rotatable bonds is 3. The van der Waals surface area contributed by atoms with Crippen LogP contribution in [0.2, 0.25) is 0 Å². The molecule has 11 aromatic rings. The molecule has 11 rings (SSSR count). The summed E-state index contributed by atoms with van der Waals surface area (Å²) in [4.78, 5) is 0. The van der Waals surface area contributed by atoms with Crippen molar-refractivity contribution in [2.45, 2.75) is 0 Å². The van der Waals surface area contributed by atoms with Crippen molar-refractivity contribution >= 4 is 75.9 Å². The van der Waals surface area contributed by atoms with E-state index in [9.17, 15) is 0 Å². The molecule has 0 saturated carbocycles. The lowest BCUT2D eigenvalue weighted by molar-refractivity contribution is 1.01. The van der Waals surface area contributed by atoms with E-state index in [4.69, 9.17) is 0 Å². The van der Waals surface area contributed by atoms with Crippen LogP contribution in [0.4, 0.5) is 0 Å². The maximum absolute atomic E-state index is 2.47. The molecule has 0 spiro atoms. The van der Waals surface area contributed by atoms with Crippen molar-refractivity contribution in [3.8, 4) is 17.1 Å². The number of hydrogen-bond acceptors (Lipinski definition) is 0. The molecule has 3 heteroatoms. The Morgan fingerprint density at radius 3 is 1.19 bits per heavy atom. The molecule has 3 nitrogen and oxygen atoms in total. The number of hydrogen-bond donors (Lipinski definition) is 0. The zero-order valence-corrected chi connectivity index (χ0v) is 28.9. The van der Waals surface area contributed by atoms with Crippen LogP contribution < -0.4 is 0 Å². The second-order valence-electron chi connectivity index (χ2n) is 13.8. The van der Waals surface area contributed by atoms with Crippen molar-refractivity contribution in [3.63, 3.8) is 0 Å². The Morgan fingerprint density at radius 2 is 0.642 bits per heavy atom. The van der Waals surface area contributed by atoms with Crippen molar-refractivity contribution in [2.24, 2.45) is 0 Å². The summed E-state index contributed by atoms with van der Waals surface area (Å²) in [7, 11) is 0. The van der Waals surface area contributed by atoms with Gasteiger partial charge in [-0.25, -0.2) is 0 Å². The number of para-hydroxylation sites is 4. The Hall–Kier alpha value is -7.10. The second-order valence-corrected chi connectivity index (χ2v) is 13.8. The molecule has 0 aliphatic carbocycles. The lowest BCUT2D eigenvalue weighted by Crippen LogP contribution is -2.05. The van der Waals surface area contributed by atoms with Crippen LogP contribution in [0.15, 0.2) is 200 Å². The summed E-state index contributed by atoms with van der Waals surface area (Å²) < 4.78 is 7.12. The summed E-state index contributed by atoms with van der Waals surface area (Å²) in [6.45, 7) is 0. The third-order valence-electron chi connectivity index (χ3n) is 10.9. The van der Waals surface area contributed by atoms with Crippen molar-refractivity contribution < 1.29 is 0 Å². The van der Waals surface area contributed by atoms with Gasteiger partial charge in [0.2, 0.25) is 0 Å². The van der Waals surface area contributed by atoms with Gasteiger partial charge < -0.3 is 13.7 Å². The van der Waals surface area contributed by atoms with Crippen molar-refractivity contribution in [2.75, 3.05) is 0 Å². The highest BCUT2D eigenvalue weighted by Gasteiger charge is 2.18. The van der Waals surface area contributed by atoms with Crippen LogP contribution in [-0.4, -0.2) is 13.7 Å². The molecule has 0 radical (unpaired) electrons. The fourth-order valence-electron chi connectivity index (χ4n) is 8.63. The Bertz CT molecular complexity index is 3220. The van der Waals surface area contributed by atoms with E-state index in [0.29, 0.717) is 0 Å². The summed E-state index contributed by atoms with van der Waals surface area (Å²) in [5.41, 5.74) is 8.06. The number of aromatic nitrogens is 3. The predicted molar refractivity (Wildman–Crippen MR) is 225 cm³/mol. The molecule has 0 fully saturated rings. The highest BCUT2D eigenvalue weighted by atomic mass is 15.0. The largest absolute Gasteiger partial charge is 0.314 e. The summed E-state index contributed by atoms with van der Waals surface area (Å²) in [6.07, 6.45) is 4.38. The fourth-order valence-corrected chi connectivity index (χ4v) is 8.63. The van der Waals surface area contributed by atoms with Crippen LogP contribution in [0.5, 0.6) is 0 Å². The molecule has 53 heavy (non-hydrogen) atoms. The zero-order chi connectivity index (χ0) is 34.9. The molecule has 2 heterocycles. The van der Waals surface area contributed by atoms with Gasteiger partial charge in [-0.1, -0.05) is 133 Å². The first kappa shape index (κ1) is 29.6. The van der Waals surface area contributed by atoms with Crippen molar-refractivity contribution in [1.29, 1.82) is 0 Å². The van der Waals surface area contributed by atoms with E-state index < -0.39 is 0 Å². The van der Waals surface area contributed by atoms with Crippen LogP contribution in [0, 0.1) is 0 Å². The van der Waals surface area contributed by atoms with Gasteiger partial charge in [0.1, 0.15) is 0 Å². The maximum Gasteiger partial charge on any atom is 0.0703 e. The normalized spacial score (nSPS) is 11.8.